The highest BCUT2D eigenvalue weighted by Gasteiger charge is 2.27. The van der Waals surface area contributed by atoms with Crippen molar-refractivity contribution in [3.05, 3.63) is 69.9 Å². The summed E-state index contributed by atoms with van der Waals surface area (Å²) in [7, 11) is 3.32. The zero-order chi connectivity index (χ0) is 22.0. The number of hydrogen-bond acceptors (Lipinski definition) is 4. The van der Waals surface area contributed by atoms with Crippen LogP contribution in [0.2, 0.25) is 5.02 Å². The van der Waals surface area contributed by atoms with Crippen molar-refractivity contribution in [1.82, 2.24) is 9.47 Å². The molecule has 0 bridgehead atoms. The first-order chi connectivity index (χ1) is 14.2. The van der Waals surface area contributed by atoms with Crippen molar-refractivity contribution in [1.29, 1.82) is 0 Å². The zero-order valence-electron chi connectivity index (χ0n) is 17.4. The van der Waals surface area contributed by atoms with E-state index in [4.69, 9.17) is 16.3 Å². The van der Waals surface area contributed by atoms with Crippen LogP contribution < -0.4 is 0 Å². The molecule has 0 unspecified atom stereocenters. The van der Waals surface area contributed by atoms with E-state index in [0.717, 1.165) is 11.1 Å². The number of hydrogen-bond donors (Lipinski definition) is 0. The first-order valence-electron chi connectivity index (χ1n) is 9.55. The van der Waals surface area contributed by atoms with E-state index in [1.807, 2.05) is 16.7 Å². The van der Waals surface area contributed by atoms with Gasteiger partial charge in [0.2, 0.25) is 0 Å². The van der Waals surface area contributed by atoms with Gasteiger partial charge in [-0.1, -0.05) is 23.7 Å². The second kappa shape index (κ2) is 8.71. The number of carbonyl (C=O) groups is 3. The predicted molar refractivity (Wildman–Crippen MR) is 116 cm³/mol. The topological polar surface area (TPSA) is 68.6 Å². The average molecular weight is 427 g/mol. The molecule has 0 aliphatic rings. The Morgan fingerprint density at radius 1 is 1.07 bits per heavy atom. The Kier molecular flexibility index (Phi) is 6.27. The standard InChI is InChI=1S/C23H23ClN2O4/c1-5-30-23(29)21(27)20-14(2)26(13-15-6-9-17(24)10-7-15)19-11-8-16(12-18(19)20)22(28)25(3)4/h6-12H,5,13H2,1-4H3. The summed E-state index contributed by atoms with van der Waals surface area (Å²) in [6.07, 6.45) is 0. The average Bonchev–Trinajstić information content (AvgIpc) is 2.99. The molecule has 3 aromatic rings. The number of aromatic nitrogens is 1. The molecule has 30 heavy (non-hydrogen) atoms. The number of halogens is 1. The number of fused-ring (bicyclic) bond motifs is 1. The second-order valence-electron chi connectivity index (χ2n) is 7.15. The minimum atomic E-state index is -0.907. The molecule has 0 spiro atoms. The van der Waals surface area contributed by atoms with Crippen LogP contribution in [0.3, 0.4) is 0 Å². The molecule has 156 valence electrons. The van der Waals surface area contributed by atoms with Gasteiger partial charge in [0.15, 0.2) is 0 Å². The van der Waals surface area contributed by atoms with Gasteiger partial charge in [0, 0.05) is 47.8 Å². The molecular weight excluding hydrogens is 404 g/mol. The number of benzene rings is 2. The van der Waals surface area contributed by atoms with Gasteiger partial charge >= 0.3 is 5.97 Å². The van der Waals surface area contributed by atoms with Gasteiger partial charge in [-0.2, -0.15) is 0 Å². The third kappa shape index (κ3) is 4.09. The minimum Gasteiger partial charge on any atom is -0.460 e. The van der Waals surface area contributed by atoms with E-state index in [0.29, 0.717) is 28.2 Å². The minimum absolute atomic E-state index is 0.109. The maximum Gasteiger partial charge on any atom is 0.379 e. The first kappa shape index (κ1) is 21.6. The van der Waals surface area contributed by atoms with Crippen LogP contribution in [0, 0.1) is 6.92 Å². The molecule has 0 aliphatic heterocycles. The summed E-state index contributed by atoms with van der Waals surface area (Å²) in [6, 6.07) is 12.6. The van der Waals surface area contributed by atoms with E-state index in [1.165, 1.54) is 4.90 Å². The lowest BCUT2D eigenvalue weighted by Crippen LogP contribution is -2.21. The van der Waals surface area contributed by atoms with E-state index >= 15 is 0 Å². The summed E-state index contributed by atoms with van der Waals surface area (Å²) >= 11 is 5.99. The Balaban J connectivity index is 2.19. The van der Waals surface area contributed by atoms with Crippen LogP contribution in [0.15, 0.2) is 42.5 Å². The van der Waals surface area contributed by atoms with Gasteiger partial charge < -0.3 is 14.2 Å². The molecule has 0 aliphatic carbocycles. The van der Waals surface area contributed by atoms with Gasteiger partial charge in [0.25, 0.3) is 11.7 Å². The van der Waals surface area contributed by atoms with Gasteiger partial charge in [-0.25, -0.2) is 4.79 Å². The Morgan fingerprint density at radius 3 is 2.33 bits per heavy atom. The van der Waals surface area contributed by atoms with Gasteiger partial charge in [0.1, 0.15) is 0 Å². The Bertz CT molecular complexity index is 1130. The number of ether oxygens (including phenoxy) is 1. The maximum absolute atomic E-state index is 12.9. The largest absolute Gasteiger partial charge is 0.460 e. The Morgan fingerprint density at radius 2 is 1.73 bits per heavy atom. The number of carbonyl (C=O) groups excluding carboxylic acids is 3. The lowest BCUT2D eigenvalue weighted by Gasteiger charge is -2.11. The van der Waals surface area contributed by atoms with Crippen molar-refractivity contribution in [2.75, 3.05) is 20.7 Å². The molecule has 6 nitrogen and oxygen atoms in total. The molecule has 3 rings (SSSR count). The monoisotopic (exact) mass is 426 g/mol. The molecule has 0 fully saturated rings. The molecule has 0 saturated carbocycles. The molecule has 1 amide bonds. The second-order valence-corrected chi connectivity index (χ2v) is 7.59. The number of ketones is 1. The number of rotatable bonds is 6. The summed E-state index contributed by atoms with van der Waals surface area (Å²) in [5.74, 6) is -1.81. The highest BCUT2D eigenvalue weighted by atomic mass is 35.5. The van der Waals surface area contributed by atoms with Crippen molar-refractivity contribution < 1.29 is 19.1 Å². The van der Waals surface area contributed by atoms with Crippen LogP contribution in [0.1, 0.15) is 38.9 Å². The number of nitrogens with zero attached hydrogens (tertiary/aromatic N) is 2. The number of Topliss-reactive ketones (excluding diaryl/α,β-unsaturated/α-hetero) is 1. The van der Waals surface area contributed by atoms with Crippen molar-refractivity contribution in [3.8, 4) is 0 Å². The molecular formula is C23H23ClN2O4. The number of amides is 1. The highest BCUT2D eigenvalue weighted by Crippen LogP contribution is 2.29. The van der Waals surface area contributed by atoms with Crippen LogP contribution >= 0.6 is 11.6 Å². The molecule has 0 radical (unpaired) electrons. The van der Waals surface area contributed by atoms with Crippen LogP contribution in [-0.4, -0.2) is 47.8 Å². The van der Waals surface area contributed by atoms with Crippen LogP contribution in [0.4, 0.5) is 0 Å². The quantitative estimate of drug-likeness (QED) is 0.338. The van der Waals surface area contributed by atoms with Gasteiger partial charge in [-0.05, 0) is 49.7 Å². The summed E-state index contributed by atoms with van der Waals surface area (Å²) in [6.45, 7) is 4.03. The molecule has 1 aromatic heterocycles. The van der Waals surface area contributed by atoms with Crippen molar-refractivity contribution in [2.24, 2.45) is 0 Å². The fourth-order valence-corrected chi connectivity index (χ4v) is 3.56. The molecule has 2 aromatic carbocycles. The SMILES string of the molecule is CCOC(=O)C(=O)c1c(C)n(Cc2ccc(Cl)cc2)c2ccc(C(=O)N(C)C)cc12. The molecule has 0 saturated heterocycles. The smallest absolute Gasteiger partial charge is 0.379 e. The van der Waals surface area contributed by atoms with Crippen molar-refractivity contribution in [3.63, 3.8) is 0 Å². The fraction of sp³-hybridized carbons (Fsp3) is 0.261. The fourth-order valence-electron chi connectivity index (χ4n) is 3.43. The van der Waals surface area contributed by atoms with E-state index in [1.54, 1.807) is 58.3 Å². The maximum atomic E-state index is 12.9. The van der Waals surface area contributed by atoms with Crippen LogP contribution in [0.25, 0.3) is 10.9 Å². The lowest BCUT2D eigenvalue weighted by molar-refractivity contribution is -0.137. The van der Waals surface area contributed by atoms with Crippen molar-refractivity contribution in [2.45, 2.75) is 20.4 Å². The summed E-state index contributed by atoms with van der Waals surface area (Å²) in [4.78, 5) is 39.0. The predicted octanol–water partition coefficient (Wildman–Crippen LogP) is 4.10. The van der Waals surface area contributed by atoms with E-state index in [-0.39, 0.29) is 18.1 Å². The summed E-state index contributed by atoms with van der Waals surface area (Å²) in [5, 5.41) is 1.19. The Hall–Kier alpha value is -3.12. The van der Waals surface area contributed by atoms with E-state index < -0.39 is 11.8 Å². The van der Waals surface area contributed by atoms with Crippen molar-refractivity contribution >= 4 is 40.2 Å². The zero-order valence-corrected chi connectivity index (χ0v) is 18.1. The molecule has 0 N–H and O–H groups in total. The molecule has 0 atom stereocenters. The Labute approximate surface area is 180 Å². The van der Waals surface area contributed by atoms with Crippen LogP contribution in [-0.2, 0) is 16.1 Å². The number of esters is 1. The third-order valence-corrected chi connectivity index (χ3v) is 5.17. The van der Waals surface area contributed by atoms with E-state index in [2.05, 4.69) is 0 Å². The summed E-state index contributed by atoms with van der Waals surface area (Å²) in [5.41, 5.74) is 3.07. The highest BCUT2D eigenvalue weighted by molar-refractivity contribution is 6.43. The van der Waals surface area contributed by atoms with Crippen LogP contribution in [0.5, 0.6) is 0 Å². The third-order valence-electron chi connectivity index (χ3n) is 4.92. The van der Waals surface area contributed by atoms with Gasteiger partial charge in [-0.15, -0.1) is 0 Å². The first-order valence-corrected chi connectivity index (χ1v) is 9.92. The lowest BCUT2D eigenvalue weighted by atomic mass is 10.0. The molecule has 1 heterocycles. The van der Waals surface area contributed by atoms with Gasteiger partial charge in [-0.3, -0.25) is 9.59 Å². The molecule has 7 heteroatoms. The van der Waals surface area contributed by atoms with E-state index in [9.17, 15) is 14.4 Å². The summed E-state index contributed by atoms with van der Waals surface area (Å²) < 4.78 is 6.88. The van der Waals surface area contributed by atoms with Gasteiger partial charge in [0.05, 0.1) is 12.2 Å². The normalized spacial score (nSPS) is 10.8.